The maximum atomic E-state index is 13.7. The van der Waals surface area contributed by atoms with E-state index in [1.54, 1.807) is 18.3 Å². The average Bonchev–Trinajstić information content (AvgIpc) is 3.15. The summed E-state index contributed by atoms with van der Waals surface area (Å²) in [5.74, 6) is -1.89. The van der Waals surface area contributed by atoms with Crippen LogP contribution in [0.3, 0.4) is 0 Å². The van der Waals surface area contributed by atoms with Gasteiger partial charge in [0.2, 0.25) is 0 Å². The number of rotatable bonds is 11. The maximum absolute atomic E-state index is 13.7. The number of ether oxygens (including phenoxy) is 1. The molecule has 0 aliphatic carbocycles. The quantitative estimate of drug-likeness (QED) is 0.0969. The van der Waals surface area contributed by atoms with E-state index in [4.69, 9.17) is 4.74 Å². The van der Waals surface area contributed by atoms with Crippen LogP contribution < -0.4 is 16.0 Å². The standard InChI is InChI=1S/C38H32N6O5/c1-49-36(47)32(44-38(26-12-5-2-6-13-26,27-14-7-3-8-15-27)28-16-9-4-10-17-28)22-25-19-20-31(33-29(25)18-11-21-40-33)42-37(48)43-34-30(35(45)46)23-39-24-41-34/h2-21,23-24,32,44H,22H2,1H3,(H,45,46)(H2,39,41,42,43,48). The van der Waals surface area contributed by atoms with E-state index in [0.717, 1.165) is 34.8 Å². The highest BCUT2D eigenvalue weighted by atomic mass is 16.5. The second-order valence-electron chi connectivity index (χ2n) is 11.1. The number of nitrogens with zero attached hydrogens (tertiary/aromatic N) is 3. The number of methoxy groups -OCH3 is 1. The molecule has 6 rings (SSSR count). The average molecular weight is 653 g/mol. The van der Waals surface area contributed by atoms with Crippen LogP contribution in [0.25, 0.3) is 10.9 Å². The molecule has 2 heterocycles. The number of urea groups is 1. The van der Waals surface area contributed by atoms with E-state index in [2.05, 4.69) is 30.9 Å². The van der Waals surface area contributed by atoms with Crippen molar-refractivity contribution in [3.8, 4) is 0 Å². The summed E-state index contributed by atoms with van der Waals surface area (Å²) in [4.78, 5) is 50.3. The highest BCUT2D eigenvalue weighted by Gasteiger charge is 2.40. The largest absolute Gasteiger partial charge is 0.477 e. The number of carbonyl (C=O) groups is 3. The lowest BCUT2D eigenvalue weighted by Crippen LogP contribution is -2.53. The molecule has 4 N–H and O–H groups in total. The second kappa shape index (κ2) is 14.5. The third-order valence-corrected chi connectivity index (χ3v) is 8.20. The molecule has 11 heteroatoms. The molecule has 0 fully saturated rings. The summed E-state index contributed by atoms with van der Waals surface area (Å²) < 4.78 is 5.38. The van der Waals surface area contributed by atoms with E-state index in [0.29, 0.717) is 16.6 Å². The summed E-state index contributed by atoms with van der Waals surface area (Å²) in [7, 11) is 1.37. The number of nitrogens with one attached hydrogen (secondary N) is 3. The van der Waals surface area contributed by atoms with Gasteiger partial charge in [-0.25, -0.2) is 19.6 Å². The molecule has 1 atom stereocenters. The van der Waals surface area contributed by atoms with E-state index in [-0.39, 0.29) is 17.8 Å². The molecule has 0 bridgehead atoms. The molecule has 244 valence electrons. The fourth-order valence-corrected chi connectivity index (χ4v) is 5.99. The van der Waals surface area contributed by atoms with Crippen molar-refractivity contribution in [1.82, 2.24) is 20.3 Å². The monoisotopic (exact) mass is 652 g/mol. The summed E-state index contributed by atoms with van der Waals surface area (Å²) in [6.45, 7) is 0. The van der Waals surface area contributed by atoms with Gasteiger partial charge in [-0.3, -0.25) is 20.4 Å². The van der Waals surface area contributed by atoms with Gasteiger partial charge in [-0.2, -0.15) is 0 Å². The number of hydrogen-bond donors (Lipinski definition) is 4. The molecule has 2 amide bonds. The molecule has 0 radical (unpaired) electrons. The Hall–Kier alpha value is -6.46. The van der Waals surface area contributed by atoms with Gasteiger partial charge >= 0.3 is 18.0 Å². The molecule has 0 saturated heterocycles. The molecule has 4 aromatic carbocycles. The molecule has 6 aromatic rings. The summed E-state index contributed by atoms with van der Waals surface area (Å²) >= 11 is 0. The fraction of sp³-hybridized carbons (Fsp3) is 0.105. The van der Waals surface area contributed by atoms with Crippen molar-refractivity contribution in [1.29, 1.82) is 0 Å². The van der Waals surface area contributed by atoms with Gasteiger partial charge in [0.05, 0.1) is 23.9 Å². The minimum Gasteiger partial charge on any atom is -0.477 e. The molecule has 0 saturated carbocycles. The summed E-state index contributed by atoms with van der Waals surface area (Å²) in [5.41, 5.74) is 3.25. The molecule has 49 heavy (non-hydrogen) atoms. The number of aromatic carboxylic acids is 1. The Kier molecular flexibility index (Phi) is 9.63. The number of hydrogen-bond acceptors (Lipinski definition) is 8. The van der Waals surface area contributed by atoms with Gasteiger partial charge in [0.1, 0.15) is 17.9 Å². The van der Waals surface area contributed by atoms with Crippen molar-refractivity contribution in [2.45, 2.75) is 18.0 Å². The number of pyridine rings is 1. The Morgan fingerprint density at radius 3 is 1.96 bits per heavy atom. The number of anilines is 2. The topological polar surface area (TPSA) is 155 Å². The van der Waals surface area contributed by atoms with Crippen molar-refractivity contribution in [2.24, 2.45) is 0 Å². The summed E-state index contributed by atoms with van der Waals surface area (Å²) in [6, 6.07) is 35.5. The number of benzene rings is 4. The van der Waals surface area contributed by atoms with Crippen LogP contribution in [0.2, 0.25) is 0 Å². The van der Waals surface area contributed by atoms with Gasteiger partial charge in [-0.1, -0.05) is 103 Å². The number of carboxylic acid groups (broad SMARTS) is 1. The van der Waals surface area contributed by atoms with Crippen LogP contribution in [-0.4, -0.2) is 51.2 Å². The minimum absolute atomic E-state index is 0.153. The predicted octanol–water partition coefficient (Wildman–Crippen LogP) is 6.03. The van der Waals surface area contributed by atoms with E-state index in [9.17, 15) is 19.5 Å². The fourth-order valence-electron chi connectivity index (χ4n) is 5.99. The van der Waals surface area contributed by atoms with Crippen molar-refractivity contribution < 1.29 is 24.2 Å². The van der Waals surface area contributed by atoms with Gasteiger partial charge < -0.3 is 15.2 Å². The maximum Gasteiger partial charge on any atom is 0.341 e. The molecule has 1 unspecified atom stereocenters. The summed E-state index contributed by atoms with van der Waals surface area (Å²) in [6.07, 6.45) is 4.06. The predicted molar refractivity (Wildman–Crippen MR) is 185 cm³/mol. The minimum atomic E-state index is -1.28. The Morgan fingerprint density at radius 1 is 0.776 bits per heavy atom. The second-order valence-corrected chi connectivity index (χ2v) is 11.1. The SMILES string of the molecule is COC(=O)C(Cc1ccc(NC(=O)Nc2ncncc2C(=O)O)c2ncccc12)NC(c1ccccc1)(c1ccccc1)c1ccccc1. The van der Waals surface area contributed by atoms with Gasteiger partial charge in [0, 0.05) is 17.8 Å². The van der Waals surface area contributed by atoms with Gasteiger partial charge in [0.15, 0.2) is 5.82 Å². The lowest BCUT2D eigenvalue weighted by molar-refractivity contribution is -0.143. The lowest BCUT2D eigenvalue weighted by Gasteiger charge is -2.39. The zero-order valence-corrected chi connectivity index (χ0v) is 26.4. The van der Waals surface area contributed by atoms with E-state index >= 15 is 0 Å². The first-order chi connectivity index (χ1) is 23.9. The van der Waals surface area contributed by atoms with Gasteiger partial charge in [-0.15, -0.1) is 0 Å². The van der Waals surface area contributed by atoms with Crippen molar-refractivity contribution in [3.05, 3.63) is 162 Å². The van der Waals surface area contributed by atoms with Gasteiger partial charge in [0.25, 0.3) is 0 Å². The van der Waals surface area contributed by atoms with Crippen molar-refractivity contribution >= 4 is 40.4 Å². The third kappa shape index (κ3) is 6.83. The molecular formula is C38H32N6O5. The Balaban J connectivity index is 1.38. The van der Waals surface area contributed by atoms with Crippen LogP contribution in [-0.2, 0) is 21.5 Å². The first-order valence-electron chi connectivity index (χ1n) is 15.4. The third-order valence-electron chi connectivity index (χ3n) is 8.20. The molecule has 0 spiro atoms. The van der Waals surface area contributed by atoms with Crippen LogP contribution in [0, 0.1) is 0 Å². The normalized spacial score (nSPS) is 11.8. The summed E-state index contributed by atoms with van der Waals surface area (Å²) in [5, 5.41) is 19.1. The van der Waals surface area contributed by atoms with E-state index in [1.807, 2.05) is 103 Å². The van der Waals surface area contributed by atoms with Crippen LogP contribution in [0.5, 0.6) is 0 Å². The first-order valence-corrected chi connectivity index (χ1v) is 15.4. The number of esters is 1. The van der Waals surface area contributed by atoms with Crippen molar-refractivity contribution in [2.75, 3.05) is 17.7 Å². The Labute approximate surface area is 282 Å². The lowest BCUT2D eigenvalue weighted by atomic mass is 9.76. The smallest absolute Gasteiger partial charge is 0.341 e. The molecule has 2 aromatic heterocycles. The van der Waals surface area contributed by atoms with Crippen LogP contribution in [0.15, 0.2) is 134 Å². The molecular weight excluding hydrogens is 620 g/mol. The van der Waals surface area contributed by atoms with Crippen LogP contribution in [0.4, 0.5) is 16.3 Å². The van der Waals surface area contributed by atoms with E-state index in [1.165, 1.54) is 7.11 Å². The first kappa shape index (κ1) is 32.5. The highest BCUT2D eigenvalue weighted by Crippen LogP contribution is 2.38. The van der Waals surface area contributed by atoms with Crippen LogP contribution >= 0.6 is 0 Å². The van der Waals surface area contributed by atoms with E-state index < -0.39 is 29.6 Å². The zero-order valence-electron chi connectivity index (χ0n) is 26.4. The number of aromatic nitrogens is 3. The number of carboxylic acids is 1. The number of carbonyl (C=O) groups excluding carboxylic acids is 2. The number of fused-ring (bicyclic) bond motifs is 1. The van der Waals surface area contributed by atoms with Crippen LogP contribution in [0.1, 0.15) is 32.6 Å². The number of amides is 2. The van der Waals surface area contributed by atoms with Gasteiger partial charge in [-0.05, 0) is 40.8 Å². The highest BCUT2D eigenvalue weighted by molar-refractivity contribution is 6.07. The zero-order chi connectivity index (χ0) is 34.2. The molecule has 0 aliphatic heterocycles. The molecule has 11 nitrogen and oxygen atoms in total. The van der Waals surface area contributed by atoms with Crippen molar-refractivity contribution in [3.63, 3.8) is 0 Å². The molecule has 0 aliphatic rings. The Morgan fingerprint density at radius 2 is 1.39 bits per heavy atom. The Bertz CT molecular complexity index is 2000.